The quantitative estimate of drug-likeness (QED) is 0.836. The summed E-state index contributed by atoms with van der Waals surface area (Å²) in [5.74, 6) is 0.896. The fourth-order valence-corrected chi connectivity index (χ4v) is 3.91. The van der Waals surface area contributed by atoms with Gasteiger partial charge < -0.3 is 19.0 Å². The number of ether oxygens (including phenoxy) is 1. The zero-order valence-electron chi connectivity index (χ0n) is 15.3. The highest BCUT2D eigenvalue weighted by molar-refractivity contribution is 5.94. The molecule has 27 heavy (non-hydrogen) atoms. The first-order valence-corrected chi connectivity index (χ1v) is 9.50. The lowest BCUT2D eigenvalue weighted by Gasteiger charge is -2.39. The van der Waals surface area contributed by atoms with Crippen LogP contribution in [0.1, 0.15) is 35.0 Å². The van der Waals surface area contributed by atoms with Crippen molar-refractivity contribution in [3.8, 4) is 0 Å². The molecule has 2 amide bonds. The Morgan fingerprint density at radius 1 is 0.963 bits per heavy atom. The second kappa shape index (κ2) is 7.96. The van der Waals surface area contributed by atoms with Gasteiger partial charge in [-0.2, -0.15) is 0 Å². The Kier molecular flexibility index (Phi) is 5.25. The molecule has 3 heterocycles. The molecule has 2 fully saturated rings. The summed E-state index contributed by atoms with van der Waals surface area (Å²) in [6.07, 6.45) is 3.01. The molecule has 1 aromatic heterocycles. The maximum atomic E-state index is 13.1. The van der Waals surface area contributed by atoms with Crippen LogP contribution >= 0.6 is 0 Å². The van der Waals surface area contributed by atoms with Crippen LogP contribution in [0.4, 0.5) is 0 Å². The third-order valence-corrected chi connectivity index (χ3v) is 5.44. The van der Waals surface area contributed by atoms with Crippen molar-refractivity contribution in [2.45, 2.75) is 18.9 Å². The SMILES string of the molecule is O=C(c1ccccc1)N1CCC(C(=O)N2CCOCC2c2ccco2)CC1. The van der Waals surface area contributed by atoms with Crippen LogP contribution in [-0.4, -0.2) is 54.5 Å². The lowest BCUT2D eigenvalue weighted by molar-refractivity contribution is -0.146. The fraction of sp³-hybridized carbons (Fsp3) is 0.429. The van der Waals surface area contributed by atoms with E-state index in [1.54, 1.807) is 6.26 Å². The summed E-state index contributed by atoms with van der Waals surface area (Å²) in [5, 5.41) is 0. The molecule has 1 aromatic carbocycles. The molecule has 6 nitrogen and oxygen atoms in total. The summed E-state index contributed by atoms with van der Waals surface area (Å²) < 4.78 is 11.1. The number of likely N-dealkylation sites (tertiary alicyclic amines) is 1. The summed E-state index contributed by atoms with van der Waals surface area (Å²) in [6.45, 7) is 2.81. The fourth-order valence-electron chi connectivity index (χ4n) is 3.91. The topological polar surface area (TPSA) is 63.0 Å². The number of amides is 2. The standard InChI is InChI=1S/C21H24N2O4/c24-20(16-5-2-1-3-6-16)22-10-8-17(9-11-22)21(25)23-12-14-26-15-18(23)19-7-4-13-27-19/h1-7,13,17-18H,8-12,14-15H2. The zero-order valence-corrected chi connectivity index (χ0v) is 15.3. The molecule has 0 N–H and O–H groups in total. The van der Waals surface area contributed by atoms with Crippen LogP contribution in [0.5, 0.6) is 0 Å². The van der Waals surface area contributed by atoms with E-state index in [1.165, 1.54) is 0 Å². The van der Waals surface area contributed by atoms with E-state index in [0.717, 1.165) is 5.76 Å². The summed E-state index contributed by atoms with van der Waals surface area (Å²) in [4.78, 5) is 29.5. The lowest BCUT2D eigenvalue weighted by atomic mass is 9.93. The number of rotatable bonds is 3. The molecule has 4 rings (SSSR count). The van der Waals surface area contributed by atoms with Crippen LogP contribution in [-0.2, 0) is 9.53 Å². The van der Waals surface area contributed by atoms with Crippen molar-refractivity contribution < 1.29 is 18.7 Å². The molecule has 6 heteroatoms. The molecule has 142 valence electrons. The third kappa shape index (κ3) is 3.76. The van der Waals surface area contributed by atoms with Gasteiger partial charge in [0.2, 0.25) is 5.91 Å². The highest BCUT2D eigenvalue weighted by atomic mass is 16.5. The minimum absolute atomic E-state index is 0.0429. The Labute approximate surface area is 158 Å². The van der Waals surface area contributed by atoms with Crippen molar-refractivity contribution in [1.82, 2.24) is 9.80 Å². The van der Waals surface area contributed by atoms with Crippen molar-refractivity contribution in [1.29, 1.82) is 0 Å². The summed E-state index contributed by atoms with van der Waals surface area (Å²) >= 11 is 0. The van der Waals surface area contributed by atoms with Gasteiger partial charge in [-0.25, -0.2) is 0 Å². The number of hydrogen-bond donors (Lipinski definition) is 0. The van der Waals surface area contributed by atoms with Crippen LogP contribution in [0.3, 0.4) is 0 Å². The van der Waals surface area contributed by atoms with Gasteiger partial charge in [0, 0.05) is 31.1 Å². The largest absolute Gasteiger partial charge is 0.467 e. The molecule has 2 aliphatic rings. The van der Waals surface area contributed by atoms with E-state index in [4.69, 9.17) is 9.15 Å². The molecule has 0 saturated carbocycles. The number of carbonyl (C=O) groups excluding carboxylic acids is 2. The first-order chi connectivity index (χ1) is 13.2. The van der Waals surface area contributed by atoms with E-state index in [1.807, 2.05) is 52.3 Å². The lowest BCUT2D eigenvalue weighted by Crippen LogP contribution is -2.49. The minimum Gasteiger partial charge on any atom is -0.467 e. The first-order valence-electron chi connectivity index (χ1n) is 9.50. The highest BCUT2D eigenvalue weighted by Crippen LogP contribution is 2.29. The van der Waals surface area contributed by atoms with Gasteiger partial charge in [-0.1, -0.05) is 18.2 Å². The molecule has 0 radical (unpaired) electrons. The molecule has 0 spiro atoms. The van der Waals surface area contributed by atoms with Crippen molar-refractivity contribution in [3.63, 3.8) is 0 Å². The third-order valence-electron chi connectivity index (χ3n) is 5.44. The van der Waals surface area contributed by atoms with Crippen molar-refractivity contribution in [2.75, 3.05) is 32.8 Å². The van der Waals surface area contributed by atoms with Crippen molar-refractivity contribution >= 4 is 11.8 Å². The molecular weight excluding hydrogens is 344 g/mol. The van der Waals surface area contributed by atoms with Gasteiger partial charge in [-0.05, 0) is 37.1 Å². The number of nitrogens with zero attached hydrogens (tertiary/aromatic N) is 2. The Balaban J connectivity index is 1.38. The normalized spacial score (nSPS) is 21.3. The second-order valence-electron chi connectivity index (χ2n) is 7.07. The van der Waals surface area contributed by atoms with E-state index in [2.05, 4.69) is 0 Å². The van der Waals surface area contributed by atoms with Gasteiger partial charge >= 0.3 is 0 Å². The first kappa shape index (κ1) is 17.8. The van der Waals surface area contributed by atoms with Crippen LogP contribution in [0.15, 0.2) is 53.1 Å². The summed E-state index contributed by atoms with van der Waals surface area (Å²) in [6, 6.07) is 12.9. The summed E-state index contributed by atoms with van der Waals surface area (Å²) in [5.41, 5.74) is 0.702. The van der Waals surface area contributed by atoms with Gasteiger partial charge in [0.05, 0.1) is 19.5 Å². The zero-order chi connectivity index (χ0) is 18.6. The summed E-state index contributed by atoms with van der Waals surface area (Å²) in [7, 11) is 0. The Morgan fingerprint density at radius 3 is 2.44 bits per heavy atom. The number of morpholine rings is 1. The molecule has 0 aliphatic carbocycles. The average molecular weight is 368 g/mol. The molecule has 1 atom stereocenters. The smallest absolute Gasteiger partial charge is 0.253 e. The molecule has 2 aromatic rings. The number of piperidine rings is 1. The number of benzene rings is 1. The number of carbonyl (C=O) groups is 2. The maximum Gasteiger partial charge on any atom is 0.253 e. The predicted octanol–water partition coefficient (Wildman–Crippen LogP) is 2.73. The van der Waals surface area contributed by atoms with Gasteiger partial charge in [0.15, 0.2) is 0 Å². The molecule has 2 aliphatic heterocycles. The predicted molar refractivity (Wildman–Crippen MR) is 99.1 cm³/mol. The maximum absolute atomic E-state index is 13.1. The average Bonchev–Trinajstić information content (AvgIpc) is 3.28. The number of furan rings is 1. The Bertz CT molecular complexity index is 767. The van der Waals surface area contributed by atoms with E-state index in [0.29, 0.717) is 51.3 Å². The van der Waals surface area contributed by atoms with Crippen LogP contribution in [0.2, 0.25) is 0 Å². The van der Waals surface area contributed by atoms with E-state index < -0.39 is 0 Å². The number of hydrogen-bond acceptors (Lipinski definition) is 4. The van der Waals surface area contributed by atoms with Crippen LogP contribution in [0.25, 0.3) is 0 Å². The molecule has 0 bridgehead atoms. The van der Waals surface area contributed by atoms with Gasteiger partial charge in [0.1, 0.15) is 11.8 Å². The van der Waals surface area contributed by atoms with Crippen LogP contribution < -0.4 is 0 Å². The van der Waals surface area contributed by atoms with Crippen LogP contribution in [0, 0.1) is 5.92 Å². The minimum atomic E-state index is -0.162. The Hall–Kier alpha value is -2.60. The van der Waals surface area contributed by atoms with Crippen molar-refractivity contribution in [3.05, 3.63) is 60.1 Å². The molecular formula is C21H24N2O4. The van der Waals surface area contributed by atoms with Crippen molar-refractivity contribution in [2.24, 2.45) is 5.92 Å². The molecule has 1 unspecified atom stereocenters. The van der Waals surface area contributed by atoms with E-state index in [-0.39, 0.29) is 23.8 Å². The molecule has 2 saturated heterocycles. The highest BCUT2D eigenvalue weighted by Gasteiger charge is 2.36. The van der Waals surface area contributed by atoms with Gasteiger partial charge in [-0.3, -0.25) is 9.59 Å². The van der Waals surface area contributed by atoms with Gasteiger partial charge in [-0.15, -0.1) is 0 Å². The monoisotopic (exact) mass is 368 g/mol. The van der Waals surface area contributed by atoms with Gasteiger partial charge in [0.25, 0.3) is 5.91 Å². The van der Waals surface area contributed by atoms with E-state index in [9.17, 15) is 9.59 Å². The van der Waals surface area contributed by atoms with E-state index >= 15 is 0 Å². The second-order valence-corrected chi connectivity index (χ2v) is 7.07. The Morgan fingerprint density at radius 2 is 1.74 bits per heavy atom.